The normalized spacial score (nSPS) is 12.4. The summed E-state index contributed by atoms with van der Waals surface area (Å²) in [7, 11) is 0. The molecule has 2 N–H and O–H groups in total. The van der Waals surface area contributed by atoms with Crippen molar-refractivity contribution in [2.75, 3.05) is 0 Å². The molecule has 0 aliphatic carbocycles. The van der Waals surface area contributed by atoms with Crippen molar-refractivity contribution in [1.82, 2.24) is 25.5 Å². The summed E-state index contributed by atoms with van der Waals surface area (Å²) in [6.07, 6.45) is 1.30. The minimum atomic E-state index is -0.280. The summed E-state index contributed by atoms with van der Waals surface area (Å²) in [6, 6.07) is -0.128. The SMILES string of the molecule is Cc1csc(C(C)NC(=O)c2ncn[nH]2)n1. The molecule has 0 bridgehead atoms. The summed E-state index contributed by atoms with van der Waals surface area (Å²) in [5.74, 6) is -0.0713. The topological polar surface area (TPSA) is 83.6 Å². The zero-order valence-corrected chi connectivity index (χ0v) is 9.71. The number of hydrogen-bond donors (Lipinski definition) is 2. The summed E-state index contributed by atoms with van der Waals surface area (Å²) in [5.41, 5.74) is 0.959. The third-order valence-electron chi connectivity index (χ3n) is 1.98. The highest BCUT2D eigenvalue weighted by Crippen LogP contribution is 2.17. The van der Waals surface area contributed by atoms with E-state index in [0.717, 1.165) is 10.7 Å². The fourth-order valence-electron chi connectivity index (χ4n) is 1.21. The predicted octanol–water partition coefficient (Wildman–Crippen LogP) is 1.06. The van der Waals surface area contributed by atoms with E-state index < -0.39 is 0 Å². The Morgan fingerprint density at radius 1 is 1.62 bits per heavy atom. The minimum absolute atomic E-state index is 0.128. The van der Waals surface area contributed by atoms with Gasteiger partial charge in [0.25, 0.3) is 5.91 Å². The Labute approximate surface area is 96.1 Å². The number of rotatable bonds is 3. The van der Waals surface area contributed by atoms with Crippen LogP contribution in [0.4, 0.5) is 0 Å². The van der Waals surface area contributed by atoms with Gasteiger partial charge in [0.1, 0.15) is 11.3 Å². The molecule has 1 atom stereocenters. The number of amides is 1. The van der Waals surface area contributed by atoms with Gasteiger partial charge in [0.15, 0.2) is 0 Å². The molecule has 0 saturated carbocycles. The minimum Gasteiger partial charge on any atom is -0.340 e. The van der Waals surface area contributed by atoms with Gasteiger partial charge in [0.2, 0.25) is 5.82 Å². The number of hydrogen-bond acceptors (Lipinski definition) is 5. The second kappa shape index (κ2) is 4.40. The van der Waals surface area contributed by atoms with Gasteiger partial charge in [-0.25, -0.2) is 9.97 Å². The number of aromatic nitrogens is 4. The van der Waals surface area contributed by atoms with Crippen molar-refractivity contribution in [3.63, 3.8) is 0 Å². The Morgan fingerprint density at radius 3 is 3.00 bits per heavy atom. The van der Waals surface area contributed by atoms with Gasteiger partial charge in [0, 0.05) is 11.1 Å². The summed E-state index contributed by atoms with van der Waals surface area (Å²) in [5, 5.41) is 11.7. The Morgan fingerprint density at radius 2 is 2.44 bits per heavy atom. The molecule has 0 spiro atoms. The van der Waals surface area contributed by atoms with E-state index in [1.807, 2.05) is 19.2 Å². The zero-order chi connectivity index (χ0) is 11.5. The largest absolute Gasteiger partial charge is 0.340 e. The molecular formula is C9H11N5OS. The molecule has 2 rings (SSSR count). The van der Waals surface area contributed by atoms with Crippen LogP contribution in [-0.4, -0.2) is 26.1 Å². The van der Waals surface area contributed by atoms with Crippen molar-refractivity contribution in [1.29, 1.82) is 0 Å². The highest BCUT2D eigenvalue weighted by molar-refractivity contribution is 7.09. The third-order valence-corrected chi connectivity index (χ3v) is 3.13. The molecule has 0 radical (unpaired) electrons. The number of carbonyl (C=O) groups excluding carboxylic acids is 1. The summed E-state index contributed by atoms with van der Waals surface area (Å²) in [6.45, 7) is 3.80. The second-order valence-electron chi connectivity index (χ2n) is 3.36. The molecule has 0 aromatic carbocycles. The Bertz CT molecular complexity index is 478. The lowest BCUT2D eigenvalue weighted by atomic mass is 10.3. The second-order valence-corrected chi connectivity index (χ2v) is 4.25. The van der Waals surface area contributed by atoms with Gasteiger partial charge in [-0.1, -0.05) is 0 Å². The molecule has 0 aliphatic rings. The molecular weight excluding hydrogens is 226 g/mol. The summed E-state index contributed by atoms with van der Waals surface area (Å²) < 4.78 is 0. The van der Waals surface area contributed by atoms with Crippen LogP contribution in [0.1, 0.15) is 34.3 Å². The van der Waals surface area contributed by atoms with E-state index in [1.54, 1.807) is 0 Å². The molecule has 0 saturated heterocycles. The summed E-state index contributed by atoms with van der Waals surface area (Å²) in [4.78, 5) is 19.7. The first kappa shape index (κ1) is 10.7. The molecule has 1 unspecified atom stereocenters. The molecule has 2 aromatic heterocycles. The molecule has 7 heteroatoms. The first-order valence-electron chi connectivity index (χ1n) is 4.75. The maximum atomic E-state index is 11.6. The zero-order valence-electron chi connectivity index (χ0n) is 8.89. The smallest absolute Gasteiger partial charge is 0.289 e. The van der Waals surface area contributed by atoms with Crippen LogP contribution in [-0.2, 0) is 0 Å². The first-order chi connectivity index (χ1) is 7.66. The number of nitrogens with one attached hydrogen (secondary N) is 2. The number of thiazole rings is 1. The van der Waals surface area contributed by atoms with E-state index in [4.69, 9.17) is 0 Å². The van der Waals surface area contributed by atoms with Crippen LogP contribution in [0.15, 0.2) is 11.7 Å². The number of carbonyl (C=O) groups is 1. The van der Waals surface area contributed by atoms with Gasteiger partial charge < -0.3 is 5.32 Å². The maximum Gasteiger partial charge on any atom is 0.289 e. The maximum absolute atomic E-state index is 11.6. The molecule has 2 aromatic rings. The Balaban J connectivity index is 2.03. The molecule has 84 valence electrons. The van der Waals surface area contributed by atoms with Crippen molar-refractivity contribution in [2.45, 2.75) is 19.9 Å². The molecule has 16 heavy (non-hydrogen) atoms. The quantitative estimate of drug-likeness (QED) is 0.836. The van der Waals surface area contributed by atoms with Gasteiger partial charge >= 0.3 is 0 Å². The molecule has 1 amide bonds. The lowest BCUT2D eigenvalue weighted by molar-refractivity contribution is 0.0929. The molecule has 2 heterocycles. The molecule has 0 aliphatic heterocycles. The van der Waals surface area contributed by atoms with Gasteiger partial charge in [-0.3, -0.25) is 9.89 Å². The van der Waals surface area contributed by atoms with E-state index in [2.05, 4.69) is 25.5 Å². The van der Waals surface area contributed by atoms with Crippen molar-refractivity contribution in [2.24, 2.45) is 0 Å². The number of aromatic amines is 1. The van der Waals surface area contributed by atoms with E-state index in [0.29, 0.717) is 0 Å². The van der Waals surface area contributed by atoms with Crippen LogP contribution in [0.25, 0.3) is 0 Å². The van der Waals surface area contributed by atoms with Crippen LogP contribution in [0.5, 0.6) is 0 Å². The Kier molecular flexibility index (Phi) is 2.95. The van der Waals surface area contributed by atoms with Crippen LogP contribution in [0.3, 0.4) is 0 Å². The van der Waals surface area contributed by atoms with Gasteiger partial charge in [-0.05, 0) is 13.8 Å². The monoisotopic (exact) mass is 237 g/mol. The van der Waals surface area contributed by atoms with Crippen molar-refractivity contribution in [3.8, 4) is 0 Å². The van der Waals surface area contributed by atoms with Gasteiger partial charge in [-0.15, -0.1) is 11.3 Å². The predicted molar refractivity (Wildman–Crippen MR) is 59.1 cm³/mol. The lowest BCUT2D eigenvalue weighted by Gasteiger charge is -2.09. The number of nitrogens with zero attached hydrogens (tertiary/aromatic N) is 3. The first-order valence-corrected chi connectivity index (χ1v) is 5.63. The molecule has 6 nitrogen and oxygen atoms in total. The van der Waals surface area contributed by atoms with E-state index in [9.17, 15) is 4.79 Å². The highest BCUT2D eigenvalue weighted by atomic mass is 32.1. The standard InChI is InChI=1S/C9H11N5OS/c1-5-3-16-9(12-5)6(2)13-8(15)7-10-4-11-14-7/h3-4,6H,1-2H3,(H,13,15)(H,10,11,14). The average molecular weight is 237 g/mol. The van der Waals surface area contributed by atoms with Gasteiger partial charge in [-0.2, -0.15) is 5.10 Å². The Hall–Kier alpha value is -1.76. The van der Waals surface area contributed by atoms with Crippen LogP contribution < -0.4 is 5.32 Å². The van der Waals surface area contributed by atoms with Crippen LogP contribution in [0.2, 0.25) is 0 Å². The summed E-state index contributed by atoms with van der Waals surface area (Å²) >= 11 is 1.52. The van der Waals surface area contributed by atoms with Crippen molar-refractivity contribution in [3.05, 3.63) is 28.2 Å². The van der Waals surface area contributed by atoms with E-state index >= 15 is 0 Å². The highest BCUT2D eigenvalue weighted by Gasteiger charge is 2.15. The van der Waals surface area contributed by atoms with Crippen LogP contribution in [0, 0.1) is 6.92 Å². The van der Waals surface area contributed by atoms with Crippen molar-refractivity contribution < 1.29 is 4.79 Å². The van der Waals surface area contributed by atoms with Gasteiger partial charge in [0.05, 0.1) is 6.04 Å². The average Bonchev–Trinajstić information content (AvgIpc) is 2.87. The number of aryl methyl sites for hydroxylation is 1. The fourth-order valence-corrected chi connectivity index (χ4v) is 2.02. The van der Waals surface area contributed by atoms with E-state index in [-0.39, 0.29) is 17.8 Å². The lowest BCUT2D eigenvalue weighted by Crippen LogP contribution is -2.27. The third kappa shape index (κ3) is 2.25. The number of H-pyrrole nitrogens is 1. The van der Waals surface area contributed by atoms with E-state index in [1.165, 1.54) is 17.7 Å². The van der Waals surface area contributed by atoms with Crippen molar-refractivity contribution >= 4 is 17.2 Å². The fraction of sp³-hybridized carbons (Fsp3) is 0.333. The van der Waals surface area contributed by atoms with Crippen LogP contribution >= 0.6 is 11.3 Å². The molecule has 0 fully saturated rings.